The van der Waals surface area contributed by atoms with E-state index in [0.717, 1.165) is 0 Å². The molecule has 20 heavy (non-hydrogen) atoms. The number of nitrogens with zero attached hydrogens (tertiary/aromatic N) is 3. The lowest BCUT2D eigenvalue weighted by molar-refractivity contribution is -0.137. The van der Waals surface area contributed by atoms with Crippen LogP contribution in [0, 0.1) is 3.95 Å². The van der Waals surface area contributed by atoms with E-state index in [0.29, 0.717) is 33.3 Å². The molecule has 2 heterocycles. The number of rotatable bonds is 5. The normalized spacial score (nSPS) is 15.8. The van der Waals surface area contributed by atoms with Gasteiger partial charge in [-0.15, -0.1) is 11.3 Å². The third-order valence-corrected chi connectivity index (χ3v) is 4.01. The molecule has 8 heteroatoms. The van der Waals surface area contributed by atoms with Gasteiger partial charge in [0.2, 0.25) is 5.88 Å². The van der Waals surface area contributed by atoms with Crippen molar-refractivity contribution in [3.05, 3.63) is 14.5 Å². The zero-order valence-corrected chi connectivity index (χ0v) is 12.4. The fraction of sp³-hybridized carbons (Fsp3) is 0.333. The van der Waals surface area contributed by atoms with E-state index >= 15 is 0 Å². The van der Waals surface area contributed by atoms with Crippen molar-refractivity contribution in [2.24, 2.45) is 9.98 Å². The Morgan fingerprint density at radius 2 is 2.35 bits per heavy atom. The standard InChI is InChI=1S/C12H13N3O3S2/c1-7-13-6-8(14-7)5-9-11(18)15(12(19)20-9)4-2-3-10(16)17/h5-6,18H,2-4H2,1H3,(H,16,17). The number of aromatic hydroxyl groups is 1. The van der Waals surface area contributed by atoms with Crippen LogP contribution >= 0.6 is 23.6 Å². The van der Waals surface area contributed by atoms with Gasteiger partial charge in [-0.25, -0.2) is 9.98 Å². The molecule has 2 N–H and O–H groups in total. The van der Waals surface area contributed by atoms with Crippen molar-refractivity contribution in [1.29, 1.82) is 0 Å². The minimum atomic E-state index is -0.861. The third kappa shape index (κ3) is 3.40. The van der Waals surface area contributed by atoms with E-state index in [2.05, 4.69) is 9.98 Å². The Balaban J connectivity index is 2.19. The second-order valence-electron chi connectivity index (χ2n) is 4.19. The molecule has 0 radical (unpaired) electrons. The van der Waals surface area contributed by atoms with Gasteiger partial charge in [0.1, 0.15) is 5.84 Å². The van der Waals surface area contributed by atoms with Crippen molar-refractivity contribution in [2.75, 3.05) is 0 Å². The quantitative estimate of drug-likeness (QED) is 0.818. The van der Waals surface area contributed by atoms with Crippen LogP contribution in [-0.2, 0) is 11.3 Å². The first kappa shape index (κ1) is 14.6. The number of amidine groups is 1. The minimum absolute atomic E-state index is 0.0453. The highest BCUT2D eigenvalue weighted by atomic mass is 32.1. The van der Waals surface area contributed by atoms with Gasteiger partial charge in [-0.05, 0) is 31.6 Å². The third-order valence-electron chi connectivity index (χ3n) is 2.62. The second-order valence-corrected chi connectivity index (χ2v) is 5.87. The van der Waals surface area contributed by atoms with Crippen LogP contribution in [0.3, 0.4) is 0 Å². The first-order chi connectivity index (χ1) is 9.47. The lowest BCUT2D eigenvalue weighted by atomic mass is 10.3. The zero-order valence-electron chi connectivity index (χ0n) is 10.7. The number of hydrogen-bond acceptors (Lipinski definition) is 6. The molecular weight excluding hydrogens is 298 g/mol. The fourth-order valence-corrected chi connectivity index (χ4v) is 3.01. The van der Waals surface area contributed by atoms with Gasteiger partial charge >= 0.3 is 5.97 Å². The first-order valence-corrected chi connectivity index (χ1v) is 7.15. The van der Waals surface area contributed by atoms with Crippen LogP contribution in [0.1, 0.15) is 24.6 Å². The van der Waals surface area contributed by atoms with Crippen LogP contribution in [-0.4, -0.2) is 32.8 Å². The van der Waals surface area contributed by atoms with Gasteiger partial charge in [0, 0.05) is 13.0 Å². The molecule has 0 saturated heterocycles. The van der Waals surface area contributed by atoms with Crippen LogP contribution in [0.4, 0.5) is 0 Å². The zero-order chi connectivity index (χ0) is 14.7. The number of aliphatic imine (C=N–C) groups is 2. The Kier molecular flexibility index (Phi) is 4.46. The molecule has 2 rings (SSSR count). The number of aliphatic carboxylic acids is 1. The molecule has 0 amide bonds. The molecule has 0 fully saturated rings. The van der Waals surface area contributed by atoms with Gasteiger partial charge in [0.15, 0.2) is 3.95 Å². The van der Waals surface area contributed by atoms with E-state index in [4.69, 9.17) is 17.3 Å². The lowest BCUT2D eigenvalue weighted by Gasteiger charge is -2.02. The highest BCUT2D eigenvalue weighted by Gasteiger charge is 2.12. The number of thiazole rings is 1. The highest BCUT2D eigenvalue weighted by molar-refractivity contribution is 7.73. The Morgan fingerprint density at radius 1 is 1.60 bits per heavy atom. The molecule has 6 nitrogen and oxygen atoms in total. The van der Waals surface area contributed by atoms with Crippen molar-refractivity contribution in [1.82, 2.24) is 4.57 Å². The summed E-state index contributed by atoms with van der Waals surface area (Å²) >= 11 is 6.44. The molecule has 106 valence electrons. The van der Waals surface area contributed by atoms with Crippen molar-refractivity contribution in [3.8, 4) is 5.88 Å². The summed E-state index contributed by atoms with van der Waals surface area (Å²) in [6, 6.07) is 0. The SMILES string of the molecule is CC1=NC(=Cc2sc(=S)n(CCCC(=O)O)c2O)C=N1. The average Bonchev–Trinajstić information content (AvgIpc) is 2.88. The van der Waals surface area contributed by atoms with Crippen molar-refractivity contribution in [3.63, 3.8) is 0 Å². The van der Waals surface area contributed by atoms with Crippen LogP contribution in [0.2, 0.25) is 0 Å². The van der Waals surface area contributed by atoms with E-state index in [9.17, 15) is 9.90 Å². The smallest absolute Gasteiger partial charge is 0.303 e. The maximum atomic E-state index is 10.5. The predicted octanol–water partition coefficient (Wildman–Crippen LogP) is 2.69. The number of hydrogen-bond donors (Lipinski definition) is 2. The lowest BCUT2D eigenvalue weighted by Crippen LogP contribution is -2.01. The number of carbonyl (C=O) groups is 1. The van der Waals surface area contributed by atoms with Gasteiger partial charge in [0.05, 0.1) is 16.8 Å². The van der Waals surface area contributed by atoms with Crippen molar-refractivity contribution >= 4 is 47.7 Å². The van der Waals surface area contributed by atoms with Crippen LogP contribution in [0.5, 0.6) is 5.88 Å². The number of carboxylic acid groups (broad SMARTS) is 1. The number of allylic oxidation sites excluding steroid dienone is 1. The molecule has 1 aromatic rings. The average molecular weight is 311 g/mol. The summed E-state index contributed by atoms with van der Waals surface area (Å²) in [5.41, 5.74) is 0.659. The maximum absolute atomic E-state index is 10.5. The first-order valence-electron chi connectivity index (χ1n) is 5.93. The van der Waals surface area contributed by atoms with Gasteiger partial charge in [-0.1, -0.05) is 0 Å². The van der Waals surface area contributed by atoms with Crippen LogP contribution in [0.25, 0.3) is 6.08 Å². The summed E-state index contributed by atoms with van der Waals surface area (Å²) in [6.45, 7) is 2.17. The molecule has 1 aliphatic heterocycles. The van der Waals surface area contributed by atoms with Gasteiger partial charge in [-0.3, -0.25) is 9.36 Å². The summed E-state index contributed by atoms with van der Waals surface area (Å²) in [6.07, 6.45) is 3.79. The molecule has 0 aliphatic carbocycles. The molecule has 0 aromatic carbocycles. The van der Waals surface area contributed by atoms with Gasteiger partial charge in [0.25, 0.3) is 0 Å². The fourth-order valence-electron chi connectivity index (χ4n) is 1.70. The van der Waals surface area contributed by atoms with E-state index in [1.165, 1.54) is 15.9 Å². The molecule has 0 bridgehead atoms. The second kappa shape index (κ2) is 6.10. The molecule has 0 saturated carbocycles. The summed E-state index contributed by atoms with van der Waals surface area (Å²) in [4.78, 5) is 19.3. The van der Waals surface area contributed by atoms with E-state index < -0.39 is 5.97 Å². The number of carboxylic acids is 1. The Bertz CT molecular complexity index is 683. The molecule has 1 aromatic heterocycles. The van der Waals surface area contributed by atoms with Crippen molar-refractivity contribution < 1.29 is 15.0 Å². The Morgan fingerprint density at radius 3 is 2.95 bits per heavy atom. The largest absolute Gasteiger partial charge is 0.493 e. The van der Waals surface area contributed by atoms with Crippen molar-refractivity contribution in [2.45, 2.75) is 26.3 Å². The van der Waals surface area contributed by atoms with E-state index in [1.807, 2.05) is 0 Å². The highest BCUT2D eigenvalue weighted by Crippen LogP contribution is 2.29. The Hall–Kier alpha value is -1.80. The summed E-state index contributed by atoms with van der Waals surface area (Å²) in [5.74, 6) is -0.146. The molecular formula is C12H13N3O3S2. The minimum Gasteiger partial charge on any atom is -0.493 e. The topological polar surface area (TPSA) is 87.2 Å². The summed E-state index contributed by atoms with van der Waals surface area (Å²) < 4.78 is 2.05. The van der Waals surface area contributed by atoms with E-state index in [-0.39, 0.29) is 12.3 Å². The van der Waals surface area contributed by atoms with Gasteiger partial charge < -0.3 is 10.2 Å². The van der Waals surface area contributed by atoms with Gasteiger partial charge in [-0.2, -0.15) is 0 Å². The molecule has 0 atom stereocenters. The predicted molar refractivity (Wildman–Crippen MR) is 81.3 cm³/mol. The van der Waals surface area contributed by atoms with Crippen LogP contribution < -0.4 is 0 Å². The Labute approximate surface area is 124 Å². The summed E-state index contributed by atoms with van der Waals surface area (Å²) in [7, 11) is 0. The molecule has 0 spiro atoms. The van der Waals surface area contributed by atoms with E-state index in [1.54, 1.807) is 19.2 Å². The maximum Gasteiger partial charge on any atom is 0.303 e. The summed E-state index contributed by atoms with van der Waals surface area (Å²) in [5, 5.41) is 18.7. The van der Waals surface area contributed by atoms with Crippen LogP contribution in [0.15, 0.2) is 15.7 Å². The number of aromatic nitrogens is 1. The molecule has 1 aliphatic rings. The molecule has 0 unspecified atom stereocenters. The monoisotopic (exact) mass is 311 g/mol.